The van der Waals surface area contributed by atoms with Crippen LogP contribution in [-0.2, 0) is 4.79 Å². The van der Waals surface area contributed by atoms with Crippen LogP contribution in [0.3, 0.4) is 0 Å². The van der Waals surface area contributed by atoms with Gasteiger partial charge < -0.3 is 11.1 Å². The summed E-state index contributed by atoms with van der Waals surface area (Å²) in [6.07, 6.45) is 3.75. The molecule has 2 saturated carbocycles. The van der Waals surface area contributed by atoms with Crippen molar-refractivity contribution >= 4 is 11.6 Å². The molecule has 3 nitrogen and oxygen atoms in total. The molecule has 0 spiro atoms. The van der Waals surface area contributed by atoms with Crippen molar-refractivity contribution in [3.63, 3.8) is 0 Å². The number of benzene rings is 1. The molecule has 1 amide bonds. The van der Waals surface area contributed by atoms with Crippen molar-refractivity contribution in [2.24, 2.45) is 23.5 Å². The average molecular weight is 268 g/mol. The Bertz CT molecular complexity index is 587. The van der Waals surface area contributed by atoms with Crippen LogP contribution in [0.15, 0.2) is 18.2 Å². The second-order valence-corrected chi connectivity index (χ2v) is 5.81. The monoisotopic (exact) mass is 268 g/mol. The highest BCUT2D eigenvalue weighted by Crippen LogP contribution is 2.57. The minimum atomic E-state index is 0.187. The van der Waals surface area contributed by atoms with Crippen molar-refractivity contribution in [2.75, 3.05) is 11.9 Å². The number of carbonyl (C=O) groups excluding carboxylic acids is 1. The van der Waals surface area contributed by atoms with Gasteiger partial charge >= 0.3 is 0 Å². The largest absolute Gasteiger partial charge is 0.326 e. The van der Waals surface area contributed by atoms with E-state index in [1.54, 1.807) is 0 Å². The Morgan fingerprint density at radius 1 is 1.40 bits per heavy atom. The lowest BCUT2D eigenvalue weighted by molar-refractivity contribution is -0.118. The molecule has 1 aromatic rings. The van der Waals surface area contributed by atoms with Crippen LogP contribution in [0.4, 0.5) is 5.69 Å². The number of nitrogens with two attached hydrogens (primary N) is 1. The fraction of sp³-hybridized carbons (Fsp3) is 0.471. The predicted octanol–water partition coefficient (Wildman–Crippen LogP) is 2.29. The van der Waals surface area contributed by atoms with Crippen molar-refractivity contribution in [1.82, 2.24) is 0 Å². The Balaban J connectivity index is 1.71. The number of fused-ring (bicyclic) bond motifs is 1. The van der Waals surface area contributed by atoms with Gasteiger partial charge in [-0.1, -0.05) is 24.3 Å². The Labute approximate surface area is 119 Å². The molecule has 0 aliphatic heterocycles. The predicted molar refractivity (Wildman–Crippen MR) is 80.1 cm³/mol. The van der Waals surface area contributed by atoms with Gasteiger partial charge in [0, 0.05) is 17.2 Å². The van der Waals surface area contributed by atoms with Gasteiger partial charge in [-0.3, -0.25) is 4.79 Å². The molecule has 3 N–H and O–H groups in total. The number of amides is 1. The zero-order valence-corrected chi connectivity index (χ0v) is 11.8. The number of anilines is 1. The maximum atomic E-state index is 12.3. The highest BCUT2D eigenvalue weighted by molar-refractivity contribution is 5.95. The van der Waals surface area contributed by atoms with Crippen LogP contribution in [0.1, 0.15) is 30.4 Å². The third kappa shape index (κ3) is 2.44. The highest BCUT2D eigenvalue weighted by Gasteiger charge is 2.56. The summed E-state index contributed by atoms with van der Waals surface area (Å²) in [5, 5.41) is 3.08. The molecule has 2 aliphatic rings. The van der Waals surface area contributed by atoms with E-state index in [-0.39, 0.29) is 11.8 Å². The van der Waals surface area contributed by atoms with Crippen LogP contribution in [0, 0.1) is 36.5 Å². The molecule has 2 fully saturated rings. The smallest absolute Gasteiger partial charge is 0.228 e. The van der Waals surface area contributed by atoms with E-state index in [0.29, 0.717) is 18.4 Å². The van der Waals surface area contributed by atoms with Gasteiger partial charge in [0.2, 0.25) is 5.91 Å². The normalized spacial score (nSPS) is 26.4. The Hall–Kier alpha value is -1.79. The number of rotatable bonds is 2. The van der Waals surface area contributed by atoms with E-state index >= 15 is 0 Å². The van der Waals surface area contributed by atoms with Gasteiger partial charge in [0.15, 0.2) is 0 Å². The lowest BCUT2D eigenvalue weighted by Gasteiger charge is -2.10. The van der Waals surface area contributed by atoms with Crippen molar-refractivity contribution in [3.05, 3.63) is 29.3 Å². The molecule has 0 saturated heterocycles. The molecule has 1 aromatic carbocycles. The third-order valence-electron chi connectivity index (χ3n) is 4.54. The molecule has 2 unspecified atom stereocenters. The zero-order chi connectivity index (χ0) is 14.1. The Morgan fingerprint density at radius 3 is 2.85 bits per heavy atom. The van der Waals surface area contributed by atoms with Crippen molar-refractivity contribution in [1.29, 1.82) is 0 Å². The topological polar surface area (TPSA) is 55.1 Å². The Kier molecular flexibility index (Phi) is 3.50. The maximum absolute atomic E-state index is 12.3. The zero-order valence-electron chi connectivity index (χ0n) is 11.8. The summed E-state index contributed by atoms with van der Waals surface area (Å²) in [4.78, 5) is 12.3. The van der Waals surface area contributed by atoms with E-state index in [2.05, 4.69) is 17.2 Å². The molecule has 0 radical (unpaired) electrons. The van der Waals surface area contributed by atoms with Crippen LogP contribution in [-0.4, -0.2) is 12.5 Å². The lowest BCUT2D eigenvalue weighted by Crippen LogP contribution is -2.17. The van der Waals surface area contributed by atoms with Gasteiger partial charge in [-0.2, -0.15) is 0 Å². The summed E-state index contributed by atoms with van der Waals surface area (Å²) in [6.45, 7) is 2.35. The first kappa shape index (κ1) is 13.2. The minimum Gasteiger partial charge on any atom is -0.326 e. The molecule has 0 bridgehead atoms. The Morgan fingerprint density at radius 2 is 2.15 bits per heavy atom. The molecular weight excluding hydrogens is 248 g/mol. The van der Waals surface area contributed by atoms with Crippen LogP contribution in [0.25, 0.3) is 0 Å². The second-order valence-electron chi connectivity index (χ2n) is 5.81. The molecule has 0 heterocycles. The van der Waals surface area contributed by atoms with Gasteiger partial charge in [0.1, 0.15) is 0 Å². The van der Waals surface area contributed by atoms with E-state index in [0.717, 1.165) is 16.8 Å². The van der Waals surface area contributed by atoms with E-state index in [4.69, 9.17) is 5.73 Å². The summed E-state index contributed by atoms with van der Waals surface area (Å²) in [5.41, 5.74) is 8.23. The van der Waals surface area contributed by atoms with Crippen LogP contribution < -0.4 is 11.1 Å². The van der Waals surface area contributed by atoms with Crippen LogP contribution in [0.5, 0.6) is 0 Å². The molecule has 3 heteroatoms. The molecule has 2 aliphatic carbocycles. The first-order valence-electron chi connectivity index (χ1n) is 7.31. The van der Waals surface area contributed by atoms with E-state index in [1.165, 1.54) is 19.3 Å². The van der Waals surface area contributed by atoms with Crippen molar-refractivity contribution < 1.29 is 4.79 Å². The van der Waals surface area contributed by atoms with Gasteiger partial charge in [0.25, 0.3) is 0 Å². The summed E-state index contributed by atoms with van der Waals surface area (Å²) in [7, 11) is 0. The number of hydrogen-bond donors (Lipinski definition) is 2. The summed E-state index contributed by atoms with van der Waals surface area (Å²) in [5.74, 6) is 7.58. The second kappa shape index (κ2) is 5.30. The van der Waals surface area contributed by atoms with Gasteiger partial charge in [-0.05, 0) is 49.3 Å². The molecular formula is C17H20N2O. The number of carbonyl (C=O) groups is 1. The van der Waals surface area contributed by atoms with Gasteiger partial charge in [0.05, 0.1) is 6.54 Å². The SMILES string of the molecule is Cc1ccc(C#CCN)cc1NC(=O)C1C2CCCC21. The third-order valence-corrected chi connectivity index (χ3v) is 4.54. The van der Waals surface area contributed by atoms with Gasteiger partial charge in [-0.25, -0.2) is 0 Å². The standard InChI is InChI=1S/C17H20N2O/c1-11-7-8-12(4-3-9-18)10-15(11)19-17(20)16-13-5-2-6-14(13)16/h7-8,10,13-14,16H,2,5-6,9,18H2,1H3,(H,19,20). The average Bonchev–Trinajstić information content (AvgIpc) is 2.93. The molecule has 0 aromatic heterocycles. The molecule has 3 rings (SSSR count). The van der Waals surface area contributed by atoms with E-state index < -0.39 is 0 Å². The van der Waals surface area contributed by atoms with Crippen LogP contribution in [0.2, 0.25) is 0 Å². The summed E-state index contributed by atoms with van der Waals surface area (Å²) in [6, 6.07) is 5.89. The lowest BCUT2D eigenvalue weighted by atomic mass is 10.1. The molecule has 20 heavy (non-hydrogen) atoms. The quantitative estimate of drug-likeness (QED) is 0.809. The van der Waals surface area contributed by atoms with Gasteiger partial charge in [-0.15, -0.1) is 0 Å². The number of nitrogens with one attached hydrogen (secondary N) is 1. The first-order valence-corrected chi connectivity index (χ1v) is 7.31. The summed E-state index contributed by atoms with van der Waals surface area (Å²) < 4.78 is 0. The number of hydrogen-bond acceptors (Lipinski definition) is 2. The minimum absolute atomic E-state index is 0.187. The van der Waals surface area contributed by atoms with Crippen molar-refractivity contribution in [3.8, 4) is 11.8 Å². The van der Waals surface area contributed by atoms with Crippen molar-refractivity contribution in [2.45, 2.75) is 26.2 Å². The summed E-state index contributed by atoms with van der Waals surface area (Å²) >= 11 is 0. The highest BCUT2D eigenvalue weighted by atomic mass is 16.2. The fourth-order valence-electron chi connectivity index (χ4n) is 3.41. The molecule has 2 atom stereocenters. The molecule has 104 valence electrons. The van der Waals surface area contributed by atoms with E-state index in [9.17, 15) is 4.79 Å². The van der Waals surface area contributed by atoms with E-state index in [1.807, 2.05) is 25.1 Å². The maximum Gasteiger partial charge on any atom is 0.228 e. The fourth-order valence-corrected chi connectivity index (χ4v) is 3.41. The number of aryl methyl sites for hydroxylation is 1. The first-order chi connectivity index (χ1) is 9.70. The van der Waals surface area contributed by atoms with Crippen LogP contribution >= 0.6 is 0 Å².